The first-order chi connectivity index (χ1) is 13.6. The third-order valence-corrected chi connectivity index (χ3v) is 5.78. The van der Waals surface area contributed by atoms with Crippen LogP contribution in [0.5, 0.6) is 11.6 Å². The maximum atomic E-state index is 13.5. The normalized spacial score (nSPS) is 12.2. The molecule has 0 fully saturated rings. The summed E-state index contributed by atoms with van der Waals surface area (Å²) in [4.78, 5) is -0.246. The van der Waals surface area contributed by atoms with Crippen molar-refractivity contribution in [3.8, 4) is 11.6 Å². The average Bonchev–Trinajstić information content (AvgIpc) is 2.97. The lowest BCUT2D eigenvalue weighted by atomic mass is 10.2. The van der Waals surface area contributed by atoms with E-state index in [-0.39, 0.29) is 21.5 Å². The number of halogens is 4. The predicted molar refractivity (Wildman–Crippen MR) is 100 cm³/mol. The molecule has 0 atom stereocenters. The number of benzene rings is 2. The second-order valence-corrected chi connectivity index (χ2v) is 8.07. The Morgan fingerprint density at radius 3 is 2.34 bits per heavy atom. The maximum Gasteiger partial charge on any atom is 0.435 e. The van der Waals surface area contributed by atoms with Crippen molar-refractivity contribution in [2.75, 3.05) is 0 Å². The van der Waals surface area contributed by atoms with Crippen LogP contribution in [0, 0.1) is 0 Å². The predicted octanol–water partition coefficient (Wildman–Crippen LogP) is 4.36. The van der Waals surface area contributed by atoms with E-state index >= 15 is 0 Å². The summed E-state index contributed by atoms with van der Waals surface area (Å²) in [5.74, 6) is 0.0461. The van der Waals surface area contributed by atoms with Gasteiger partial charge in [0, 0.05) is 13.6 Å². The quantitative estimate of drug-likeness (QED) is 0.611. The van der Waals surface area contributed by atoms with Crippen molar-refractivity contribution in [3.63, 3.8) is 0 Å². The van der Waals surface area contributed by atoms with Gasteiger partial charge >= 0.3 is 6.18 Å². The molecule has 1 aromatic heterocycles. The molecule has 6 nitrogen and oxygen atoms in total. The molecule has 0 aliphatic heterocycles. The van der Waals surface area contributed by atoms with Crippen molar-refractivity contribution in [3.05, 3.63) is 70.9 Å². The van der Waals surface area contributed by atoms with Gasteiger partial charge in [0.25, 0.3) is 0 Å². The van der Waals surface area contributed by atoms with Crippen LogP contribution in [0.4, 0.5) is 13.2 Å². The first kappa shape index (κ1) is 21.2. The van der Waals surface area contributed by atoms with Gasteiger partial charge in [0.1, 0.15) is 10.6 Å². The largest absolute Gasteiger partial charge is 0.439 e. The van der Waals surface area contributed by atoms with Crippen LogP contribution in [0.15, 0.2) is 59.5 Å². The molecule has 29 heavy (non-hydrogen) atoms. The first-order valence-corrected chi connectivity index (χ1v) is 10.1. The van der Waals surface area contributed by atoms with Crippen LogP contribution in [-0.4, -0.2) is 18.2 Å². The summed E-state index contributed by atoms with van der Waals surface area (Å²) >= 11 is 5.90. The first-order valence-electron chi connectivity index (χ1n) is 8.20. The number of ether oxygens (including phenoxy) is 1. The van der Waals surface area contributed by atoms with E-state index in [1.165, 1.54) is 31.3 Å². The van der Waals surface area contributed by atoms with Gasteiger partial charge in [-0.2, -0.15) is 18.3 Å². The molecule has 0 spiro atoms. The summed E-state index contributed by atoms with van der Waals surface area (Å²) in [6.45, 7) is -0.696. The van der Waals surface area contributed by atoms with Gasteiger partial charge in [0.05, 0.1) is 10.6 Å². The van der Waals surface area contributed by atoms with Crippen LogP contribution < -0.4 is 9.46 Å². The summed E-state index contributed by atoms with van der Waals surface area (Å²) in [6.07, 6.45) is -4.80. The molecule has 1 heterocycles. The van der Waals surface area contributed by atoms with Crippen molar-refractivity contribution in [2.45, 2.75) is 17.6 Å². The summed E-state index contributed by atoms with van der Waals surface area (Å²) in [7, 11) is -2.90. The molecule has 0 saturated carbocycles. The number of aromatic nitrogens is 2. The van der Waals surface area contributed by atoms with Gasteiger partial charge in [-0.3, -0.25) is 0 Å². The lowest BCUT2D eigenvalue weighted by molar-refractivity contribution is -0.142. The van der Waals surface area contributed by atoms with E-state index in [2.05, 4.69) is 9.82 Å². The number of para-hydroxylation sites is 1. The van der Waals surface area contributed by atoms with Crippen LogP contribution in [0.3, 0.4) is 0 Å². The highest BCUT2D eigenvalue weighted by molar-refractivity contribution is 7.89. The second kappa shape index (κ2) is 8.05. The molecule has 0 aliphatic rings. The molecule has 1 N–H and O–H groups in total. The zero-order valence-corrected chi connectivity index (χ0v) is 16.5. The Labute approximate surface area is 169 Å². The summed E-state index contributed by atoms with van der Waals surface area (Å²) in [6, 6.07) is 13.7. The van der Waals surface area contributed by atoms with Crippen LogP contribution in [-0.2, 0) is 29.8 Å². The van der Waals surface area contributed by atoms with Gasteiger partial charge < -0.3 is 4.74 Å². The number of nitrogens with zero attached hydrogens (tertiary/aromatic N) is 2. The van der Waals surface area contributed by atoms with Crippen LogP contribution in [0.25, 0.3) is 0 Å². The fraction of sp³-hybridized carbons (Fsp3) is 0.167. The average molecular weight is 446 g/mol. The minimum absolute atomic E-state index is 0.0528. The lowest BCUT2D eigenvalue weighted by Gasteiger charge is -2.12. The zero-order valence-electron chi connectivity index (χ0n) is 14.9. The number of hydrogen-bond acceptors (Lipinski definition) is 4. The summed E-state index contributed by atoms with van der Waals surface area (Å²) in [5, 5.41) is 3.42. The Morgan fingerprint density at radius 1 is 1.10 bits per heavy atom. The fourth-order valence-corrected chi connectivity index (χ4v) is 4.09. The molecule has 3 aromatic rings. The highest BCUT2D eigenvalue weighted by atomic mass is 35.5. The number of sulfonamides is 1. The minimum atomic E-state index is -4.80. The summed E-state index contributed by atoms with van der Waals surface area (Å²) in [5.41, 5.74) is -1.69. The number of alkyl halides is 3. The number of aryl methyl sites for hydroxylation is 1. The van der Waals surface area contributed by atoms with Gasteiger partial charge in [-0.25, -0.2) is 17.8 Å². The molecule has 0 radical (unpaired) electrons. The van der Waals surface area contributed by atoms with E-state index in [4.69, 9.17) is 16.3 Å². The molecule has 0 amide bonds. The van der Waals surface area contributed by atoms with E-state index < -0.39 is 34.0 Å². The zero-order chi connectivity index (χ0) is 21.2. The number of hydrogen-bond donors (Lipinski definition) is 1. The van der Waals surface area contributed by atoms with Gasteiger partial charge in [-0.05, 0) is 24.3 Å². The van der Waals surface area contributed by atoms with Gasteiger partial charge in [0.15, 0.2) is 5.69 Å². The Kier molecular flexibility index (Phi) is 5.87. The van der Waals surface area contributed by atoms with Gasteiger partial charge in [-0.1, -0.05) is 41.9 Å². The highest BCUT2D eigenvalue weighted by Gasteiger charge is 2.40. The van der Waals surface area contributed by atoms with Crippen molar-refractivity contribution >= 4 is 21.6 Å². The molecule has 0 saturated heterocycles. The Balaban J connectivity index is 1.98. The molecule has 0 aliphatic carbocycles. The Hall–Kier alpha value is -2.56. The second-order valence-electron chi connectivity index (χ2n) is 5.92. The minimum Gasteiger partial charge on any atom is -0.439 e. The van der Waals surface area contributed by atoms with Gasteiger partial charge in [-0.15, -0.1) is 0 Å². The lowest BCUT2D eigenvalue weighted by Crippen LogP contribution is -2.25. The van der Waals surface area contributed by atoms with E-state index in [0.29, 0.717) is 0 Å². The van der Waals surface area contributed by atoms with E-state index in [9.17, 15) is 21.6 Å². The molecule has 154 valence electrons. The SMILES string of the molecule is Cn1nc(C(F)(F)F)c(CNS(=O)(=O)c2ccccc2Cl)c1Oc1ccccc1. The highest BCUT2D eigenvalue weighted by Crippen LogP contribution is 2.37. The molecule has 0 bridgehead atoms. The van der Waals surface area contributed by atoms with Crippen LogP contribution in [0.2, 0.25) is 5.02 Å². The van der Waals surface area contributed by atoms with E-state index in [1.54, 1.807) is 30.3 Å². The molecule has 3 rings (SSSR count). The summed E-state index contributed by atoms with van der Waals surface area (Å²) < 4.78 is 74.0. The number of nitrogens with one attached hydrogen (secondary N) is 1. The monoisotopic (exact) mass is 445 g/mol. The molecular formula is C18H15ClF3N3O3S. The topological polar surface area (TPSA) is 73.2 Å². The standard InChI is InChI=1S/C18H15ClF3N3O3S/c1-25-17(28-12-7-3-2-4-8-12)13(16(24-25)18(20,21)22)11-23-29(26,27)15-10-6-5-9-14(15)19/h2-10,23H,11H2,1H3. The van der Waals surface area contributed by atoms with Crippen molar-refractivity contribution in [2.24, 2.45) is 7.05 Å². The van der Waals surface area contributed by atoms with Crippen molar-refractivity contribution in [1.82, 2.24) is 14.5 Å². The fourth-order valence-electron chi connectivity index (χ4n) is 2.57. The molecule has 11 heteroatoms. The van der Waals surface area contributed by atoms with Crippen LogP contribution in [0.1, 0.15) is 11.3 Å². The van der Waals surface area contributed by atoms with Crippen molar-refractivity contribution < 1.29 is 26.3 Å². The molecule has 2 aromatic carbocycles. The Bertz CT molecular complexity index is 1120. The molecule has 0 unspecified atom stereocenters. The third-order valence-electron chi connectivity index (χ3n) is 3.88. The van der Waals surface area contributed by atoms with Gasteiger partial charge in [0.2, 0.25) is 15.9 Å². The van der Waals surface area contributed by atoms with Crippen LogP contribution >= 0.6 is 11.6 Å². The maximum absolute atomic E-state index is 13.5. The number of rotatable bonds is 6. The third kappa shape index (κ3) is 4.72. The van der Waals surface area contributed by atoms with E-state index in [1.807, 2.05) is 0 Å². The smallest absolute Gasteiger partial charge is 0.435 e. The van der Waals surface area contributed by atoms with Crippen molar-refractivity contribution in [1.29, 1.82) is 0 Å². The van der Waals surface area contributed by atoms with E-state index in [0.717, 1.165) is 4.68 Å². The molecular weight excluding hydrogens is 431 g/mol. The Morgan fingerprint density at radius 2 is 1.72 bits per heavy atom.